The number of aromatic nitrogens is 3. The van der Waals surface area contributed by atoms with Crippen LogP contribution >= 0.6 is 11.6 Å². The zero-order valence-electron chi connectivity index (χ0n) is 15.6. The van der Waals surface area contributed by atoms with Gasteiger partial charge in [-0.2, -0.15) is 9.61 Å². The number of hydrogen-bond donors (Lipinski definition) is 3. The molecule has 2 amide bonds. The highest BCUT2D eigenvalue weighted by atomic mass is 35.5. The van der Waals surface area contributed by atoms with Crippen LogP contribution in [0.2, 0.25) is 5.02 Å². The number of carbonyl (C=O) groups is 2. The minimum absolute atomic E-state index is 0.0203. The standard InChI is InChI=1S/C20H16ClFN6O2/c21-14-7-12(22)1-4-15(14)25-16-8-17(24-13-2-3-13)28-19(26-16)11(9-23-28)5-10-6-18(29)27-20(10)30/h1,4-5,7-9,13,24H,2-3,6H2,(H,25,26)(H,27,29,30). The molecule has 5 rings (SSSR count). The van der Waals surface area contributed by atoms with Gasteiger partial charge in [0.15, 0.2) is 5.65 Å². The fourth-order valence-electron chi connectivity index (χ4n) is 3.22. The van der Waals surface area contributed by atoms with Crippen molar-refractivity contribution in [3.05, 3.63) is 52.4 Å². The molecule has 1 aliphatic carbocycles. The normalized spacial score (nSPS) is 17.6. The molecule has 3 heterocycles. The Morgan fingerprint density at radius 3 is 2.80 bits per heavy atom. The van der Waals surface area contributed by atoms with Crippen LogP contribution in [0.3, 0.4) is 0 Å². The van der Waals surface area contributed by atoms with Gasteiger partial charge in [-0.05, 0) is 37.1 Å². The highest BCUT2D eigenvalue weighted by Crippen LogP contribution is 2.30. The summed E-state index contributed by atoms with van der Waals surface area (Å²) >= 11 is 6.14. The molecule has 8 nitrogen and oxygen atoms in total. The van der Waals surface area contributed by atoms with Gasteiger partial charge in [-0.3, -0.25) is 14.9 Å². The van der Waals surface area contributed by atoms with Gasteiger partial charge in [0.2, 0.25) is 5.91 Å². The number of hydrogen-bond acceptors (Lipinski definition) is 6. The molecule has 2 aromatic heterocycles. The van der Waals surface area contributed by atoms with E-state index in [2.05, 4.69) is 26.0 Å². The number of carbonyl (C=O) groups excluding carboxylic acids is 2. The molecule has 1 saturated carbocycles. The number of imide groups is 1. The van der Waals surface area contributed by atoms with Gasteiger partial charge in [0, 0.05) is 23.2 Å². The highest BCUT2D eigenvalue weighted by molar-refractivity contribution is 6.33. The summed E-state index contributed by atoms with van der Waals surface area (Å²) < 4.78 is 15.0. The van der Waals surface area contributed by atoms with Crippen LogP contribution in [0.1, 0.15) is 24.8 Å². The lowest BCUT2D eigenvalue weighted by Crippen LogP contribution is -2.19. The van der Waals surface area contributed by atoms with E-state index in [1.54, 1.807) is 22.9 Å². The lowest BCUT2D eigenvalue weighted by molar-refractivity contribution is -0.124. The Bertz CT molecular complexity index is 1230. The van der Waals surface area contributed by atoms with Crippen LogP contribution in [0.25, 0.3) is 11.7 Å². The molecule has 152 valence electrons. The quantitative estimate of drug-likeness (QED) is 0.427. The lowest BCUT2D eigenvalue weighted by Gasteiger charge is -2.12. The molecule has 0 unspecified atom stereocenters. The van der Waals surface area contributed by atoms with Crippen molar-refractivity contribution in [2.24, 2.45) is 0 Å². The number of fused-ring (bicyclic) bond motifs is 1. The molecule has 10 heteroatoms. The highest BCUT2D eigenvalue weighted by Gasteiger charge is 2.25. The first-order chi connectivity index (χ1) is 14.5. The minimum Gasteiger partial charge on any atom is -0.367 e. The first-order valence-corrected chi connectivity index (χ1v) is 9.76. The van der Waals surface area contributed by atoms with Gasteiger partial charge < -0.3 is 10.6 Å². The average molecular weight is 427 g/mol. The van der Waals surface area contributed by atoms with Crippen LogP contribution < -0.4 is 16.0 Å². The molecule has 0 radical (unpaired) electrons. The van der Waals surface area contributed by atoms with Gasteiger partial charge >= 0.3 is 0 Å². The summed E-state index contributed by atoms with van der Waals surface area (Å²) in [5.41, 5.74) is 1.96. The van der Waals surface area contributed by atoms with Crippen LogP contribution in [0.4, 0.5) is 21.7 Å². The molecule has 30 heavy (non-hydrogen) atoms. The Balaban J connectivity index is 1.58. The van der Waals surface area contributed by atoms with Crippen LogP contribution in [0, 0.1) is 5.82 Å². The van der Waals surface area contributed by atoms with Crippen molar-refractivity contribution >= 4 is 52.5 Å². The van der Waals surface area contributed by atoms with Crippen molar-refractivity contribution in [2.75, 3.05) is 10.6 Å². The number of anilines is 3. The van der Waals surface area contributed by atoms with Gasteiger partial charge in [-0.15, -0.1) is 0 Å². The molecule has 2 fully saturated rings. The first-order valence-electron chi connectivity index (χ1n) is 9.38. The summed E-state index contributed by atoms with van der Waals surface area (Å²) in [6.07, 6.45) is 5.36. The van der Waals surface area contributed by atoms with Crippen LogP contribution in [-0.4, -0.2) is 32.5 Å². The maximum Gasteiger partial charge on any atom is 0.254 e. The summed E-state index contributed by atoms with van der Waals surface area (Å²) in [5, 5.41) is 13.4. The summed E-state index contributed by atoms with van der Waals surface area (Å²) in [7, 11) is 0. The van der Waals surface area contributed by atoms with E-state index >= 15 is 0 Å². The van der Waals surface area contributed by atoms with Crippen molar-refractivity contribution in [3.8, 4) is 0 Å². The summed E-state index contributed by atoms with van der Waals surface area (Å²) in [6.45, 7) is 0. The Morgan fingerprint density at radius 2 is 2.10 bits per heavy atom. The molecule has 3 aromatic rings. The lowest BCUT2D eigenvalue weighted by atomic mass is 10.1. The predicted octanol–water partition coefficient (Wildman–Crippen LogP) is 3.27. The fourth-order valence-corrected chi connectivity index (χ4v) is 3.44. The number of nitrogens with one attached hydrogen (secondary N) is 3. The van der Waals surface area contributed by atoms with Crippen LogP contribution in [0.15, 0.2) is 36.0 Å². The molecule has 3 N–H and O–H groups in total. The smallest absolute Gasteiger partial charge is 0.254 e. The molecule has 0 atom stereocenters. The van der Waals surface area contributed by atoms with E-state index in [-0.39, 0.29) is 17.4 Å². The van der Waals surface area contributed by atoms with Crippen molar-refractivity contribution in [2.45, 2.75) is 25.3 Å². The molecular formula is C20H16ClFN6O2. The number of rotatable bonds is 5. The van der Waals surface area contributed by atoms with Gasteiger partial charge in [-0.1, -0.05) is 11.6 Å². The maximum atomic E-state index is 13.4. The first kappa shape index (κ1) is 18.6. The maximum absolute atomic E-state index is 13.4. The topological polar surface area (TPSA) is 100 Å². The van der Waals surface area contributed by atoms with Crippen molar-refractivity contribution < 1.29 is 14.0 Å². The van der Waals surface area contributed by atoms with E-state index < -0.39 is 11.7 Å². The van der Waals surface area contributed by atoms with E-state index in [4.69, 9.17) is 11.6 Å². The second-order valence-corrected chi connectivity index (χ2v) is 7.66. The second kappa shape index (κ2) is 7.10. The zero-order chi connectivity index (χ0) is 20.8. The molecule has 1 aliphatic heterocycles. The van der Waals surface area contributed by atoms with E-state index in [0.29, 0.717) is 34.3 Å². The Kier molecular flexibility index (Phi) is 4.39. The van der Waals surface area contributed by atoms with Crippen LogP contribution in [0.5, 0.6) is 0 Å². The van der Waals surface area contributed by atoms with Crippen molar-refractivity contribution in [1.82, 2.24) is 19.9 Å². The molecule has 0 spiro atoms. The molecule has 2 aliphatic rings. The Labute approximate surface area is 175 Å². The Hall–Kier alpha value is -3.46. The van der Waals surface area contributed by atoms with Gasteiger partial charge in [0.1, 0.15) is 17.5 Å². The van der Waals surface area contributed by atoms with E-state index in [0.717, 1.165) is 18.7 Å². The minimum atomic E-state index is -0.431. The average Bonchev–Trinajstić information content (AvgIpc) is 3.33. The third kappa shape index (κ3) is 3.59. The predicted molar refractivity (Wildman–Crippen MR) is 110 cm³/mol. The number of nitrogens with zero attached hydrogens (tertiary/aromatic N) is 3. The van der Waals surface area contributed by atoms with Crippen LogP contribution in [-0.2, 0) is 9.59 Å². The third-order valence-electron chi connectivity index (χ3n) is 4.85. The van der Waals surface area contributed by atoms with E-state index in [1.807, 2.05) is 0 Å². The van der Waals surface area contributed by atoms with Gasteiger partial charge in [0.25, 0.3) is 5.91 Å². The molecular weight excluding hydrogens is 411 g/mol. The number of amides is 2. The summed E-state index contributed by atoms with van der Waals surface area (Å²) in [4.78, 5) is 28.0. The fraction of sp³-hybridized carbons (Fsp3) is 0.200. The number of benzene rings is 1. The SMILES string of the molecule is O=C1CC(=Cc2cnn3c(NC4CC4)cc(Nc4ccc(F)cc4Cl)nc23)C(=O)N1. The van der Waals surface area contributed by atoms with Gasteiger partial charge in [0.05, 0.1) is 23.3 Å². The van der Waals surface area contributed by atoms with Crippen molar-refractivity contribution in [1.29, 1.82) is 0 Å². The molecule has 0 bridgehead atoms. The number of halogens is 2. The summed E-state index contributed by atoms with van der Waals surface area (Å²) in [6, 6.07) is 6.21. The summed E-state index contributed by atoms with van der Waals surface area (Å²) in [5.74, 6) is 0.0216. The van der Waals surface area contributed by atoms with Crippen molar-refractivity contribution in [3.63, 3.8) is 0 Å². The van der Waals surface area contributed by atoms with E-state index in [9.17, 15) is 14.0 Å². The Morgan fingerprint density at radius 1 is 1.27 bits per heavy atom. The van der Waals surface area contributed by atoms with Gasteiger partial charge in [-0.25, -0.2) is 9.37 Å². The second-order valence-electron chi connectivity index (χ2n) is 7.25. The van der Waals surface area contributed by atoms with E-state index in [1.165, 1.54) is 18.2 Å². The largest absolute Gasteiger partial charge is 0.367 e. The third-order valence-corrected chi connectivity index (χ3v) is 5.16. The molecule has 1 saturated heterocycles. The molecule has 1 aromatic carbocycles. The zero-order valence-corrected chi connectivity index (χ0v) is 16.3. The monoisotopic (exact) mass is 426 g/mol.